The van der Waals surface area contributed by atoms with E-state index in [0.29, 0.717) is 46.2 Å². The van der Waals surface area contributed by atoms with Crippen LogP contribution < -0.4 is 5.11 Å². The minimum Gasteiger partial charge on any atom is -0.872 e. The lowest BCUT2D eigenvalue weighted by Crippen LogP contribution is -2.08. The Morgan fingerprint density at radius 1 is 0.393 bits per heavy atom. The van der Waals surface area contributed by atoms with Gasteiger partial charge in [-0.15, -0.1) is 5.75 Å². The molecule has 6 aromatic carbocycles. The molecule has 1 aliphatic rings. The standard InChI is InChI=1S/C46H44O4.2C2H6.2CH4/c1-29-17-35-25-39-21-33(15-13-31-9-5-3-6-10-31)23-41(45(39)49)27-37-19-30(2)20-38(44(37)48)28-42-24-34(16-14-32-11-7-4-8-12-32)22-40(46(42)50)26-36(18-29)43(35)47;2*1-2;;/h3-12,17-24,47-50H,13-16,25-28H2,1-2H3;2*1-2H3;2*1H4/p-1. The van der Waals surface area contributed by atoms with Gasteiger partial charge in [-0.05, 0) is 95.2 Å². The summed E-state index contributed by atoms with van der Waals surface area (Å²) in [6.07, 6.45) is 4.47. The number of aromatic hydroxyl groups is 3. The van der Waals surface area contributed by atoms with Crippen LogP contribution >= 0.6 is 0 Å². The molecule has 0 saturated heterocycles. The second-order valence-corrected chi connectivity index (χ2v) is 14.0. The third-order valence-electron chi connectivity index (χ3n) is 10.1. The van der Waals surface area contributed by atoms with Gasteiger partial charge in [-0.3, -0.25) is 0 Å². The molecule has 0 spiro atoms. The molecule has 0 aliphatic heterocycles. The van der Waals surface area contributed by atoms with Crippen molar-refractivity contribution in [2.75, 3.05) is 0 Å². The number of fused-ring (bicyclic) bond motifs is 8. The van der Waals surface area contributed by atoms with E-state index in [0.717, 1.165) is 59.1 Å². The number of benzene rings is 6. The van der Waals surface area contributed by atoms with Gasteiger partial charge in [0.2, 0.25) is 0 Å². The molecule has 296 valence electrons. The zero-order valence-electron chi connectivity index (χ0n) is 32.8. The molecule has 0 heterocycles. The topological polar surface area (TPSA) is 83.8 Å². The summed E-state index contributed by atoms with van der Waals surface area (Å²) >= 11 is 0. The van der Waals surface area contributed by atoms with Crippen molar-refractivity contribution in [3.63, 3.8) is 0 Å². The first-order chi connectivity index (χ1) is 26.2. The molecular weight excluding hydrogens is 689 g/mol. The van der Waals surface area contributed by atoms with Gasteiger partial charge in [-0.1, -0.05) is 174 Å². The number of aryl methyl sites for hydroxylation is 6. The number of rotatable bonds is 6. The van der Waals surface area contributed by atoms with Crippen LogP contribution in [-0.4, -0.2) is 15.3 Å². The van der Waals surface area contributed by atoms with Crippen LogP contribution in [0, 0.1) is 13.8 Å². The van der Waals surface area contributed by atoms with Gasteiger partial charge in [0.05, 0.1) is 0 Å². The maximum absolute atomic E-state index is 14.2. The van der Waals surface area contributed by atoms with Crippen molar-refractivity contribution in [2.24, 2.45) is 0 Å². The highest BCUT2D eigenvalue weighted by molar-refractivity contribution is 5.57. The normalized spacial score (nSPS) is 11.4. The summed E-state index contributed by atoms with van der Waals surface area (Å²) in [7, 11) is 0. The molecule has 0 unspecified atom stereocenters. The molecule has 0 aromatic heterocycles. The van der Waals surface area contributed by atoms with Gasteiger partial charge in [0.25, 0.3) is 0 Å². The number of phenolic OH excluding ortho intramolecular Hbond substituents is 3. The third kappa shape index (κ3) is 10.8. The molecule has 4 nitrogen and oxygen atoms in total. The van der Waals surface area contributed by atoms with Crippen molar-refractivity contribution in [3.05, 3.63) is 187 Å². The molecule has 8 bridgehead atoms. The van der Waals surface area contributed by atoms with Crippen LogP contribution in [0.4, 0.5) is 0 Å². The molecule has 6 aromatic rings. The average Bonchev–Trinajstić information content (AvgIpc) is 3.19. The Kier molecular flexibility index (Phi) is 16.8. The minimum atomic E-state index is -0.0589. The minimum absolute atomic E-state index is 0. The predicted molar refractivity (Wildman–Crippen MR) is 235 cm³/mol. The summed E-state index contributed by atoms with van der Waals surface area (Å²) in [6, 6.07) is 36.6. The van der Waals surface area contributed by atoms with Gasteiger partial charge in [0, 0.05) is 25.7 Å². The van der Waals surface area contributed by atoms with Crippen LogP contribution in [0.1, 0.15) is 120 Å². The van der Waals surface area contributed by atoms with Crippen molar-refractivity contribution >= 4 is 0 Å². The third-order valence-corrected chi connectivity index (χ3v) is 10.1. The molecular formula is C52H63O4-. The van der Waals surface area contributed by atoms with Gasteiger partial charge in [-0.25, -0.2) is 0 Å². The molecule has 1 aliphatic carbocycles. The molecule has 0 fully saturated rings. The Balaban J connectivity index is 0.00000136. The molecule has 56 heavy (non-hydrogen) atoms. The number of phenols is 3. The first kappa shape index (κ1) is 44.9. The van der Waals surface area contributed by atoms with E-state index in [1.54, 1.807) is 0 Å². The quantitative estimate of drug-likeness (QED) is 0.158. The Hall–Kier alpha value is -5.48. The van der Waals surface area contributed by atoms with E-state index in [2.05, 4.69) is 24.3 Å². The van der Waals surface area contributed by atoms with Gasteiger partial charge >= 0.3 is 0 Å². The number of hydrogen-bond acceptors (Lipinski definition) is 4. The van der Waals surface area contributed by atoms with Crippen molar-refractivity contribution < 1.29 is 20.4 Å². The Labute approximate surface area is 337 Å². The smallest absolute Gasteiger partial charge is 0.122 e. The summed E-state index contributed by atoms with van der Waals surface area (Å²) < 4.78 is 0. The van der Waals surface area contributed by atoms with Crippen LogP contribution in [0.3, 0.4) is 0 Å². The molecule has 7 rings (SSSR count). The molecule has 0 amide bonds. The summed E-state index contributed by atoms with van der Waals surface area (Å²) in [4.78, 5) is 0. The Morgan fingerprint density at radius 2 is 0.643 bits per heavy atom. The second kappa shape index (κ2) is 21.0. The first-order valence-corrected chi connectivity index (χ1v) is 19.6. The van der Waals surface area contributed by atoms with Crippen LogP contribution in [0.15, 0.2) is 109 Å². The van der Waals surface area contributed by atoms with E-state index in [9.17, 15) is 20.4 Å². The van der Waals surface area contributed by atoms with Crippen molar-refractivity contribution in [1.29, 1.82) is 0 Å². The average molecular weight is 752 g/mol. The molecule has 0 saturated carbocycles. The summed E-state index contributed by atoms with van der Waals surface area (Å²) in [5, 5.41) is 49.4. The molecule has 0 radical (unpaired) electrons. The van der Waals surface area contributed by atoms with E-state index >= 15 is 0 Å². The zero-order valence-corrected chi connectivity index (χ0v) is 32.8. The highest BCUT2D eigenvalue weighted by Gasteiger charge is 2.20. The first-order valence-electron chi connectivity index (χ1n) is 19.6. The van der Waals surface area contributed by atoms with Gasteiger partial charge in [0.1, 0.15) is 17.2 Å². The van der Waals surface area contributed by atoms with E-state index in [1.165, 1.54) is 11.1 Å². The predicted octanol–water partition coefficient (Wildman–Crippen LogP) is 12.1. The maximum Gasteiger partial charge on any atom is 0.122 e. The Morgan fingerprint density at radius 3 is 0.964 bits per heavy atom. The fraction of sp³-hybridized carbons (Fsp3) is 0.308. The van der Waals surface area contributed by atoms with Crippen molar-refractivity contribution in [2.45, 2.75) is 108 Å². The Bertz CT molecular complexity index is 1910. The fourth-order valence-corrected chi connectivity index (χ4v) is 7.57. The van der Waals surface area contributed by atoms with E-state index < -0.39 is 0 Å². The zero-order chi connectivity index (χ0) is 38.8. The van der Waals surface area contributed by atoms with Crippen molar-refractivity contribution in [3.8, 4) is 23.0 Å². The van der Waals surface area contributed by atoms with Crippen LogP contribution in [-0.2, 0) is 51.4 Å². The molecule has 0 atom stereocenters. The highest BCUT2D eigenvalue weighted by Crippen LogP contribution is 2.39. The van der Waals surface area contributed by atoms with Crippen molar-refractivity contribution in [1.82, 2.24) is 0 Å². The van der Waals surface area contributed by atoms with E-state index in [4.69, 9.17) is 0 Å². The molecule has 3 N–H and O–H groups in total. The van der Waals surface area contributed by atoms with Crippen LogP contribution in [0.25, 0.3) is 0 Å². The lowest BCUT2D eigenvalue weighted by molar-refractivity contribution is -0.270. The lowest BCUT2D eigenvalue weighted by atomic mass is 9.88. The van der Waals surface area contributed by atoms with Gasteiger partial charge < -0.3 is 20.4 Å². The fourth-order valence-electron chi connectivity index (χ4n) is 7.57. The highest BCUT2D eigenvalue weighted by atomic mass is 16.3. The monoisotopic (exact) mass is 751 g/mol. The largest absolute Gasteiger partial charge is 0.872 e. The lowest BCUT2D eigenvalue weighted by Gasteiger charge is -2.24. The van der Waals surface area contributed by atoms with E-state index in [1.807, 2.05) is 126 Å². The summed E-state index contributed by atoms with van der Waals surface area (Å²) in [6.45, 7) is 12.0. The maximum atomic E-state index is 14.2. The molecule has 4 heteroatoms. The van der Waals surface area contributed by atoms with E-state index in [-0.39, 0.29) is 50.7 Å². The van der Waals surface area contributed by atoms with Crippen LogP contribution in [0.2, 0.25) is 0 Å². The summed E-state index contributed by atoms with van der Waals surface area (Å²) in [5.74, 6) is 0.442. The summed E-state index contributed by atoms with van der Waals surface area (Å²) in [5.41, 5.74) is 12.1. The number of hydrogen-bond donors (Lipinski definition) is 3. The van der Waals surface area contributed by atoms with Crippen LogP contribution in [0.5, 0.6) is 23.0 Å². The SMILES string of the molecule is C.C.CC.CC.Cc1cc2c(O)c(c1)Cc1cc(CCc3ccccc3)cc(c1O)Cc1cc(C)cc(c1O)Cc1cc(CCc3ccccc3)cc(c1[O-])C2. The second-order valence-electron chi connectivity index (χ2n) is 14.0. The van der Waals surface area contributed by atoms with Gasteiger partial charge in [-0.2, -0.15) is 0 Å². The van der Waals surface area contributed by atoms with Gasteiger partial charge in [0.15, 0.2) is 0 Å².